The number of aryl methyl sites for hydroxylation is 2. The molecule has 0 aliphatic heterocycles. The van der Waals surface area contributed by atoms with Crippen LogP contribution in [0, 0.1) is 0 Å². The quantitative estimate of drug-likeness (QED) is 0.916. The van der Waals surface area contributed by atoms with E-state index in [1.165, 1.54) is 12.0 Å². The molecule has 0 heterocycles. The zero-order chi connectivity index (χ0) is 16.3. The second kappa shape index (κ2) is 6.72. The predicted molar refractivity (Wildman–Crippen MR) is 90.1 cm³/mol. The number of nitrogens with one attached hydrogen (secondary N) is 1. The summed E-state index contributed by atoms with van der Waals surface area (Å²) in [6.07, 6.45) is 4.33. The van der Waals surface area contributed by atoms with Crippen LogP contribution in [0.5, 0.6) is 5.75 Å². The van der Waals surface area contributed by atoms with Gasteiger partial charge in [0, 0.05) is 12.1 Å². The molecule has 0 aromatic heterocycles. The molecule has 1 aliphatic rings. The number of sulfonamides is 1. The molecule has 0 spiro atoms. The van der Waals surface area contributed by atoms with Gasteiger partial charge in [0.1, 0.15) is 5.75 Å². The third-order valence-corrected chi connectivity index (χ3v) is 5.67. The van der Waals surface area contributed by atoms with Gasteiger partial charge in [0.15, 0.2) is 0 Å². The summed E-state index contributed by atoms with van der Waals surface area (Å²) in [4.78, 5) is 0.341. The molecule has 0 amide bonds. The van der Waals surface area contributed by atoms with Gasteiger partial charge in [0.25, 0.3) is 0 Å². The van der Waals surface area contributed by atoms with Crippen molar-refractivity contribution in [2.45, 2.75) is 37.1 Å². The minimum absolute atomic E-state index is 0.212. The maximum absolute atomic E-state index is 12.5. The summed E-state index contributed by atoms with van der Waals surface area (Å²) in [5.41, 5.74) is 3.26. The van der Waals surface area contributed by atoms with Crippen LogP contribution in [0.25, 0.3) is 0 Å². The number of hydrogen-bond donors (Lipinski definition) is 1. The summed E-state index contributed by atoms with van der Waals surface area (Å²) >= 11 is 0. The maximum atomic E-state index is 12.5. The van der Waals surface area contributed by atoms with E-state index < -0.39 is 10.0 Å². The molecule has 0 saturated carbocycles. The Hall–Kier alpha value is -1.85. The van der Waals surface area contributed by atoms with Crippen molar-refractivity contribution in [3.63, 3.8) is 0 Å². The Bertz CT molecular complexity index is 800. The summed E-state index contributed by atoms with van der Waals surface area (Å²) in [6, 6.07) is 12.9. The lowest BCUT2D eigenvalue weighted by Gasteiger charge is -2.17. The fourth-order valence-electron chi connectivity index (χ4n) is 2.98. The Balaban J connectivity index is 1.79. The van der Waals surface area contributed by atoms with Crippen LogP contribution in [0.1, 0.15) is 29.5 Å². The van der Waals surface area contributed by atoms with Gasteiger partial charge in [-0.2, -0.15) is 0 Å². The Morgan fingerprint density at radius 3 is 2.57 bits per heavy atom. The summed E-state index contributed by atoms with van der Waals surface area (Å²) < 4.78 is 33.0. The molecular weight excluding hydrogens is 310 g/mol. The Kier molecular flexibility index (Phi) is 4.68. The molecule has 0 radical (unpaired) electrons. The fourth-order valence-corrected chi connectivity index (χ4v) is 4.04. The third-order valence-electron chi connectivity index (χ3n) is 4.28. The van der Waals surface area contributed by atoms with Crippen molar-refractivity contribution >= 4 is 10.0 Å². The number of rotatable bonds is 5. The lowest BCUT2D eigenvalue weighted by Crippen LogP contribution is -2.24. The summed E-state index contributed by atoms with van der Waals surface area (Å²) in [6.45, 7) is 0.212. The van der Waals surface area contributed by atoms with E-state index in [2.05, 4.69) is 4.72 Å². The largest absolute Gasteiger partial charge is 0.496 e. The van der Waals surface area contributed by atoms with Crippen molar-refractivity contribution in [3.8, 4) is 5.75 Å². The van der Waals surface area contributed by atoms with Gasteiger partial charge >= 0.3 is 0 Å². The van der Waals surface area contributed by atoms with E-state index in [1.807, 2.05) is 36.4 Å². The zero-order valence-electron chi connectivity index (χ0n) is 13.2. The Morgan fingerprint density at radius 2 is 1.78 bits per heavy atom. The van der Waals surface area contributed by atoms with Gasteiger partial charge < -0.3 is 4.74 Å². The van der Waals surface area contributed by atoms with Crippen molar-refractivity contribution in [2.24, 2.45) is 0 Å². The van der Waals surface area contributed by atoms with Gasteiger partial charge in [0.2, 0.25) is 10.0 Å². The van der Waals surface area contributed by atoms with E-state index in [-0.39, 0.29) is 6.54 Å². The first-order valence-corrected chi connectivity index (χ1v) is 9.32. The van der Waals surface area contributed by atoms with Crippen molar-refractivity contribution in [3.05, 3.63) is 59.2 Å². The topological polar surface area (TPSA) is 55.4 Å². The smallest absolute Gasteiger partial charge is 0.240 e. The van der Waals surface area contributed by atoms with Crippen LogP contribution in [0.2, 0.25) is 0 Å². The van der Waals surface area contributed by atoms with Crippen LogP contribution < -0.4 is 9.46 Å². The first-order chi connectivity index (χ1) is 11.1. The number of para-hydroxylation sites is 1. The highest BCUT2D eigenvalue weighted by Gasteiger charge is 2.18. The fraction of sp³-hybridized carbons (Fsp3) is 0.333. The lowest BCUT2D eigenvalue weighted by atomic mass is 9.92. The summed E-state index contributed by atoms with van der Waals surface area (Å²) in [5.74, 6) is 0.681. The molecule has 4 nitrogen and oxygen atoms in total. The molecule has 23 heavy (non-hydrogen) atoms. The van der Waals surface area contributed by atoms with Gasteiger partial charge in [-0.25, -0.2) is 13.1 Å². The second-order valence-electron chi connectivity index (χ2n) is 5.77. The Morgan fingerprint density at radius 1 is 1.04 bits per heavy atom. The molecule has 0 atom stereocenters. The molecule has 1 aliphatic carbocycles. The van der Waals surface area contributed by atoms with Crippen LogP contribution in [0.4, 0.5) is 0 Å². The molecule has 2 aromatic carbocycles. The summed E-state index contributed by atoms with van der Waals surface area (Å²) in [5, 5.41) is 0. The second-order valence-corrected chi connectivity index (χ2v) is 7.54. The SMILES string of the molecule is COc1ccccc1CNS(=O)(=O)c1ccc2c(c1)CCCC2. The predicted octanol–water partition coefficient (Wildman–Crippen LogP) is 3.05. The van der Waals surface area contributed by atoms with Gasteiger partial charge in [-0.1, -0.05) is 24.3 Å². The van der Waals surface area contributed by atoms with E-state index in [4.69, 9.17) is 4.74 Å². The van der Waals surface area contributed by atoms with Crippen LogP contribution in [0.3, 0.4) is 0 Å². The number of fused-ring (bicyclic) bond motifs is 1. The molecule has 0 fully saturated rings. The van der Waals surface area contributed by atoms with E-state index >= 15 is 0 Å². The number of benzene rings is 2. The minimum atomic E-state index is -3.52. The van der Waals surface area contributed by atoms with E-state index in [9.17, 15) is 8.42 Å². The van der Waals surface area contributed by atoms with Gasteiger partial charge in [-0.05, 0) is 55.0 Å². The maximum Gasteiger partial charge on any atom is 0.240 e. The molecule has 0 unspecified atom stereocenters. The van der Waals surface area contributed by atoms with Gasteiger partial charge in [-0.15, -0.1) is 0 Å². The van der Waals surface area contributed by atoms with E-state index in [0.29, 0.717) is 10.6 Å². The van der Waals surface area contributed by atoms with Crippen LogP contribution in [0.15, 0.2) is 47.4 Å². The van der Waals surface area contributed by atoms with E-state index in [1.54, 1.807) is 13.2 Å². The molecule has 0 saturated heterocycles. The molecule has 2 aromatic rings. The zero-order valence-corrected chi connectivity index (χ0v) is 14.0. The monoisotopic (exact) mass is 331 g/mol. The van der Waals surface area contributed by atoms with Crippen LogP contribution >= 0.6 is 0 Å². The van der Waals surface area contributed by atoms with Crippen molar-refractivity contribution < 1.29 is 13.2 Å². The molecule has 1 N–H and O–H groups in total. The van der Waals surface area contributed by atoms with Crippen molar-refractivity contribution in [2.75, 3.05) is 7.11 Å². The lowest BCUT2D eigenvalue weighted by molar-refractivity contribution is 0.409. The van der Waals surface area contributed by atoms with Crippen molar-refractivity contribution in [1.29, 1.82) is 0 Å². The van der Waals surface area contributed by atoms with Gasteiger partial charge in [-0.3, -0.25) is 0 Å². The molecular formula is C18H21NO3S. The third kappa shape index (κ3) is 3.57. The summed E-state index contributed by atoms with van der Waals surface area (Å²) in [7, 11) is -1.94. The van der Waals surface area contributed by atoms with E-state index in [0.717, 1.165) is 30.4 Å². The first-order valence-electron chi connectivity index (χ1n) is 7.83. The number of methoxy groups -OCH3 is 1. The molecule has 5 heteroatoms. The highest BCUT2D eigenvalue weighted by Crippen LogP contribution is 2.24. The molecule has 122 valence electrons. The molecule has 0 bridgehead atoms. The standard InChI is InChI=1S/C18H21NO3S/c1-22-18-9-5-4-8-16(18)13-19-23(20,21)17-11-10-14-6-2-3-7-15(14)12-17/h4-5,8-12,19H,2-3,6-7,13H2,1H3. The number of hydrogen-bond acceptors (Lipinski definition) is 3. The van der Waals surface area contributed by atoms with Crippen LogP contribution in [-0.2, 0) is 29.4 Å². The minimum Gasteiger partial charge on any atom is -0.496 e. The Labute approximate surface area is 137 Å². The van der Waals surface area contributed by atoms with Gasteiger partial charge in [0.05, 0.1) is 12.0 Å². The number of ether oxygens (including phenoxy) is 1. The van der Waals surface area contributed by atoms with Crippen molar-refractivity contribution in [1.82, 2.24) is 4.72 Å². The average Bonchev–Trinajstić information content (AvgIpc) is 2.60. The first kappa shape index (κ1) is 16.0. The highest BCUT2D eigenvalue weighted by molar-refractivity contribution is 7.89. The highest BCUT2D eigenvalue weighted by atomic mass is 32.2. The normalized spacial score (nSPS) is 14.3. The van der Waals surface area contributed by atoms with Crippen LogP contribution in [-0.4, -0.2) is 15.5 Å². The average molecular weight is 331 g/mol. The molecule has 3 rings (SSSR count).